The first kappa shape index (κ1) is 14.6. The third-order valence-corrected chi connectivity index (χ3v) is 5.01. The van der Waals surface area contributed by atoms with Gasteiger partial charge in [-0.05, 0) is 30.0 Å². The van der Waals surface area contributed by atoms with Gasteiger partial charge in [0.1, 0.15) is 0 Å². The summed E-state index contributed by atoms with van der Waals surface area (Å²) in [5.41, 5.74) is 0.950. The van der Waals surface area contributed by atoms with Gasteiger partial charge in [-0.3, -0.25) is 0 Å². The third-order valence-electron chi connectivity index (χ3n) is 3.18. The van der Waals surface area contributed by atoms with Crippen LogP contribution in [0.4, 0.5) is 0 Å². The highest BCUT2D eigenvalue weighted by molar-refractivity contribution is 7.91. The highest BCUT2D eigenvalue weighted by Gasteiger charge is 2.11. The molecule has 0 fully saturated rings. The van der Waals surface area contributed by atoms with Crippen molar-refractivity contribution in [1.82, 2.24) is 4.57 Å². The number of sulfone groups is 1. The van der Waals surface area contributed by atoms with Crippen LogP contribution in [0.2, 0.25) is 0 Å². The van der Waals surface area contributed by atoms with Crippen LogP contribution in [0.5, 0.6) is 0 Å². The molecular weight excluding hydrogens is 278 g/mol. The molecule has 1 heterocycles. The zero-order valence-electron chi connectivity index (χ0n) is 11.2. The molecule has 6 heteroatoms. The van der Waals surface area contributed by atoms with Crippen LogP contribution in [0, 0.1) is 0 Å². The summed E-state index contributed by atoms with van der Waals surface area (Å²) in [7, 11) is -3.04. The van der Waals surface area contributed by atoms with Crippen molar-refractivity contribution in [3.8, 4) is 0 Å². The molecule has 0 saturated heterocycles. The SMILES string of the molecule is CCCS(=O)(=O)CCn1ccc2ccc(C(=O)O)cc21. The van der Waals surface area contributed by atoms with Gasteiger partial charge in [0.15, 0.2) is 9.84 Å². The fourth-order valence-corrected chi connectivity index (χ4v) is 3.46. The summed E-state index contributed by atoms with van der Waals surface area (Å²) < 4.78 is 25.2. The minimum Gasteiger partial charge on any atom is -0.478 e. The van der Waals surface area contributed by atoms with Gasteiger partial charge < -0.3 is 9.67 Å². The Bertz CT molecular complexity index is 731. The summed E-state index contributed by atoms with van der Waals surface area (Å²) in [6.45, 7) is 2.18. The van der Waals surface area contributed by atoms with Crippen molar-refractivity contribution in [2.75, 3.05) is 11.5 Å². The molecule has 0 bridgehead atoms. The van der Waals surface area contributed by atoms with Crippen molar-refractivity contribution in [2.24, 2.45) is 0 Å². The van der Waals surface area contributed by atoms with Gasteiger partial charge in [0.2, 0.25) is 0 Å². The van der Waals surface area contributed by atoms with Crippen LogP contribution in [-0.4, -0.2) is 35.6 Å². The van der Waals surface area contributed by atoms with E-state index in [4.69, 9.17) is 5.11 Å². The summed E-state index contributed by atoms with van der Waals surface area (Å²) in [5, 5.41) is 9.90. The van der Waals surface area contributed by atoms with Gasteiger partial charge in [-0.15, -0.1) is 0 Å². The molecule has 108 valence electrons. The summed E-state index contributed by atoms with van der Waals surface area (Å²) >= 11 is 0. The Hall–Kier alpha value is -1.82. The quantitative estimate of drug-likeness (QED) is 0.886. The molecule has 0 aliphatic carbocycles. The number of hydrogen-bond acceptors (Lipinski definition) is 3. The van der Waals surface area contributed by atoms with Crippen LogP contribution in [0.25, 0.3) is 10.9 Å². The third kappa shape index (κ3) is 3.19. The highest BCUT2D eigenvalue weighted by atomic mass is 32.2. The van der Waals surface area contributed by atoms with E-state index in [1.54, 1.807) is 29.0 Å². The van der Waals surface area contributed by atoms with Gasteiger partial charge in [-0.25, -0.2) is 13.2 Å². The summed E-state index contributed by atoms with van der Waals surface area (Å²) in [4.78, 5) is 11.0. The van der Waals surface area contributed by atoms with Crippen molar-refractivity contribution in [3.63, 3.8) is 0 Å². The van der Waals surface area contributed by atoms with Crippen molar-refractivity contribution in [1.29, 1.82) is 0 Å². The molecule has 1 N–H and O–H groups in total. The van der Waals surface area contributed by atoms with Crippen LogP contribution in [0.3, 0.4) is 0 Å². The van der Waals surface area contributed by atoms with Crippen molar-refractivity contribution in [2.45, 2.75) is 19.9 Å². The summed E-state index contributed by atoms with van der Waals surface area (Å²) in [6, 6.07) is 6.70. The van der Waals surface area contributed by atoms with Gasteiger partial charge in [0.05, 0.1) is 11.3 Å². The molecule has 0 radical (unpaired) electrons. The van der Waals surface area contributed by atoms with Crippen molar-refractivity contribution in [3.05, 3.63) is 36.0 Å². The number of benzene rings is 1. The summed E-state index contributed by atoms with van der Waals surface area (Å²) in [6.07, 6.45) is 2.40. The first-order chi connectivity index (χ1) is 9.43. The van der Waals surface area contributed by atoms with E-state index in [0.717, 1.165) is 10.9 Å². The topological polar surface area (TPSA) is 76.4 Å². The lowest BCUT2D eigenvalue weighted by atomic mass is 10.2. The molecule has 0 unspecified atom stereocenters. The van der Waals surface area contributed by atoms with E-state index in [0.29, 0.717) is 13.0 Å². The standard InChI is InChI=1S/C14H17NO4S/c1-2-8-20(18,19)9-7-15-6-5-11-3-4-12(14(16)17)10-13(11)15/h3-6,10H,2,7-9H2,1H3,(H,16,17). The molecule has 20 heavy (non-hydrogen) atoms. The predicted molar refractivity (Wildman–Crippen MR) is 77.8 cm³/mol. The number of aryl methyl sites for hydroxylation is 1. The average Bonchev–Trinajstić information content (AvgIpc) is 2.78. The lowest BCUT2D eigenvalue weighted by molar-refractivity contribution is 0.0697. The van der Waals surface area contributed by atoms with E-state index < -0.39 is 15.8 Å². The van der Waals surface area contributed by atoms with E-state index in [1.807, 2.05) is 13.0 Å². The Kier molecular flexibility index (Phi) is 4.13. The smallest absolute Gasteiger partial charge is 0.335 e. The zero-order chi connectivity index (χ0) is 14.8. The number of carboxylic acids is 1. The minimum atomic E-state index is -3.04. The number of carbonyl (C=O) groups is 1. The maximum Gasteiger partial charge on any atom is 0.335 e. The molecule has 2 rings (SSSR count). The molecule has 0 aliphatic rings. The van der Waals surface area contributed by atoms with Gasteiger partial charge >= 0.3 is 5.97 Å². The van der Waals surface area contributed by atoms with Crippen molar-refractivity contribution >= 4 is 26.7 Å². The minimum absolute atomic E-state index is 0.0713. The molecular formula is C14H17NO4S. The number of rotatable bonds is 6. The van der Waals surface area contributed by atoms with E-state index in [1.165, 1.54) is 0 Å². The highest BCUT2D eigenvalue weighted by Crippen LogP contribution is 2.18. The van der Waals surface area contributed by atoms with Crippen molar-refractivity contribution < 1.29 is 18.3 Å². The van der Waals surface area contributed by atoms with E-state index in [2.05, 4.69) is 0 Å². The zero-order valence-corrected chi connectivity index (χ0v) is 12.1. The molecule has 0 saturated carbocycles. The Labute approximate surface area is 117 Å². The molecule has 0 spiro atoms. The number of carboxylic acid groups (broad SMARTS) is 1. The maximum atomic E-state index is 11.7. The molecule has 0 aliphatic heterocycles. The molecule has 5 nitrogen and oxygen atoms in total. The maximum absolute atomic E-state index is 11.7. The van der Waals surface area contributed by atoms with E-state index in [9.17, 15) is 13.2 Å². The van der Waals surface area contributed by atoms with Crippen LogP contribution >= 0.6 is 0 Å². The second kappa shape index (κ2) is 5.66. The Morgan fingerprint density at radius 1 is 1.25 bits per heavy atom. The Morgan fingerprint density at radius 3 is 2.65 bits per heavy atom. The predicted octanol–water partition coefficient (Wildman–Crippen LogP) is 2.16. The van der Waals surface area contributed by atoms with E-state index in [-0.39, 0.29) is 17.1 Å². The molecule has 1 aromatic carbocycles. The number of hydrogen-bond donors (Lipinski definition) is 1. The normalized spacial score (nSPS) is 11.8. The fraction of sp³-hybridized carbons (Fsp3) is 0.357. The van der Waals surface area contributed by atoms with Crippen LogP contribution in [-0.2, 0) is 16.4 Å². The van der Waals surface area contributed by atoms with Crippen LogP contribution in [0.1, 0.15) is 23.7 Å². The Morgan fingerprint density at radius 2 is 2.00 bits per heavy atom. The number of aromatic carboxylic acids is 1. The number of nitrogens with zero attached hydrogens (tertiary/aromatic N) is 1. The molecule has 0 amide bonds. The number of aromatic nitrogens is 1. The lowest BCUT2D eigenvalue weighted by Gasteiger charge is -2.06. The second-order valence-corrected chi connectivity index (χ2v) is 7.04. The Balaban J connectivity index is 2.26. The van der Waals surface area contributed by atoms with Gasteiger partial charge in [0, 0.05) is 24.0 Å². The number of fused-ring (bicyclic) bond motifs is 1. The fourth-order valence-electron chi connectivity index (χ4n) is 2.16. The summed E-state index contributed by atoms with van der Waals surface area (Å²) in [5.74, 6) is -0.729. The van der Waals surface area contributed by atoms with Gasteiger partial charge in [0.25, 0.3) is 0 Å². The van der Waals surface area contributed by atoms with Gasteiger partial charge in [-0.1, -0.05) is 13.0 Å². The molecule has 1 aromatic heterocycles. The van der Waals surface area contributed by atoms with Crippen LogP contribution < -0.4 is 0 Å². The molecule has 0 atom stereocenters. The molecule has 2 aromatic rings. The van der Waals surface area contributed by atoms with Crippen LogP contribution in [0.15, 0.2) is 30.5 Å². The van der Waals surface area contributed by atoms with E-state index >= 15 is 0 Å². The second-order valence-electron chi connectivity index (χ2n) is 4.74. The lowest BCUT2D eigenvalue weighted by Crippen LogP contribution is -2.15. The largest absolute Gasteiger partial charge is 0.478 e. The van der Waals surface area contributed by atoms with Gasteiger partial charge in [-0.2, -0.15) is 0 Å². The first-order valence-electron chi connectivity index (χ1n) is 6.45. The monoisotopic (exact) mass is 295 g/mol. The average molecular weight is 295 g/mol. The first-order valence-corrected chi connectivity index (χ1v) is 8.27.